The molecule has 0 fully saturated rings. The lowest BCUT2D eigenvalue weighted by atomic mass is 10.1. The molecule has 4 heteroatoms. The van der Waals surface area contributed by atoms with Gasteiger partial charge in [-0.05, 0) is 44.9 Å². The van der Waals surface area contributed by atoms with Crippen LogP contribution in [0, 0.1) is 0 Å². The zero-order chi connectivity index (χ0) is 26.5. The molecule has 2 unspecified atom stereocenters. The van der Waals surface area contributed by atoms with Crippen LogP contribution in [0.1, 0.15) is 155 Å². The van der Waals surface area contributed by atoms with Crippen molar-refractivity contribution in [1.82, 2.24) is 5.32 Å². The molecule has 0 bridgehead atoms. The third kappa shape index (κ3) is 24.6. The SMILES string of the molecule is CCCCCCC/C=C\CCCCCCCC(=O)NC(CO)C(O)/C=C/CCCCCCCCCC. The highest BCUT2D eigenvalue weighted by Crippen LogP contribution is 2.11. The maximum absolute atomic E-state index is 12.2. The minimum absolute atomic E-state index is 0.0774. The highest BCUT2D eigenvalue weighted by Gasteiger charge is 2.17. The number of rotatable bonds is 27. The zero-order valence-electron chi connectivity index (χ0n) is 24.0. The van der Waals surface area contributed by atoms with Crippen molar-refractivity contribution in [1.29, 1.82) is 0 Å². The Morgan fingerprint density at radius 2 is 1.06 bits per heavy atom. The summed E-state index contributed by atoms with van der Waals surface area (Å²) < 4.78 is 0. The number of aliphatic hydroxyl groups is 2. The number of amides is 1. The Kier molecular flexibility index (Phi) is 27.5. The van der Waals surface area contributed by atoms with Gasteiger partial charge in [-0.25, -0.2) is 0 Å². The van der Waals surface area contributed by atoms with Gasteiger partial charge >= 0.3 is 0 Å². The molecule has 0 radical (unpaired) electrons. The van der Waals surface area contributed by atoms with Crippen molar-refractivity contribution < 1.29 is 15.0 Å². The van der Waals surface area contributed by atoms with E-state index in [0.29, 0.717) is 6.42 Å². The summed E-state index contributed by atoms with van der Waals surface area (Å²) >= 11 is 0. The molecule has 0 saturated heterocycles. The minimum Gasteiger partial charge on any atom is -0.394 e. The quantitative estimate of drug-likeness (QED) is 0.0770. The van der Waals surface area contributed by atoms with E-state index in [1.54, 1.807) is 6.08 Å². The van der Waals surface area contributed by atoms with Gasteiger partial charge in [0.05, 0.1) is 18.8 Å². The number of carbonyl (C=O) groups excluding carboxylic acids is 1. The Bertz CT molecular complexity index is 518. The van der Waals surface area contributed by atoms with Crippen LogP contribution >= 0.6 is 0 Å². The van der Waals surface area contributed by atoms with Gasteiger partial charge in [-0.1, -0.05) is 128 Å². The second-order valence-corrected chi connectivity index (χ2v) is 10.5. The van der Waals surface area contributed by atoms with Gasteiger partial charge in [0.25, 0.3) is 0 Å². The summed E-state index contributed by atoms with van der Waals surface area (Å²) in [6, 6.07) is -0.620. The molecule has 1 amide bonds. The van der Waals surface area contributed by atoms with Crippen LogP contribution in [0.25, 0.3) is 0 Å². The van der Waals surface area contributed by atoms with Gasteiger partial charge in [0, 0.05) is 6.42 Å². The first-order valence-corrected chi connectivity index (χ1v) is 15.6. The predicted molar refractivity (Wildman–Crippen MR) is 156 cm³/mol. The second kappa shape index (κ2) is 28.4. The number of hydrogen-bond acceptors (Lipinski definition) is 3. The fourth-order valence-corrected chi connectivity index (χ4v) is 4.46. The molecule has 36 heavy (non-hydrogen) atoms. The van der Waals surface area contributed by atoms with Gasteiger partial charge in [0.15, 0.2) is 0 Å². The molecule has 0 aromatic heterocycles. The van der Waals surface area contributed by atoms with E-state index >= 15 is 0 Å². The van der Waals surface area contributed by atoms with Gasteiger partial charge in [-0.15, -0.1) is 0 Å². The maximum atomic E-state index is 12.2. The van der Waals surface area contributed by atoms with E-state index in [-0.39, 0.29) is 12.5 Å². The van der Waals surface area contributed by atoms with Crippen LogP contribution in [-0.2, 0) is 4.79 Å². The fourth-order valence-electron chi connectivity index (χ4n) is 4.46. The number of unbranched alkanes of at least 4 members (excludes halogenated alkanes) is 18. The predicted octanol–water partition coefficient (Wildman–Crippen LogP) is 8.56. The molecule has 0 aromatic rings. The zero-order valence-corrected chi connectivity index (χ0v) is 24.0. The van der Waals surface area contributed by atoms with E-state index in [4.69, 9.17) is 0 Å². The highest BCUT2D eigenvalue weighted by molar-refractivity contribution is 5.76. The van der Waals surface area contributed by atoms with Gasteiger partial charge in [-0.2, -0.15) is 0 Å². The maximum Gasteiger partial charge on any atom is 0.220 e. The summed E-state index contributed by atoms with van der Waals surface area (Å²) in [5.41, 5.74) is 0. The average molecular weight is 508 g/mol. The Hall–Kier alpha value is -1.13. The summed E-state index contributed by atoms with van der Waals surface area (Å²) in [4.78, 5) is 12.2. The average Bonchev–Trinajstić information content (AvgIpc) is 2.88. The first-order valence-electron chi connectivity index (χ1n) is 15.6. The number of hydrogen-bond donors (Lipinski definition) is 3. The molecule has 0 aliphatic heterocycles. The van der Waals surface area contributed by atoms with Crippen molar-refractivity contribution in [2.45, 2.75) is 167 Å². The van der Waals surface area contributed by atoms with Gasteiger partial charge < -0.3 is 15.5 Å². The highest BCUT2D eigenvalue weighted by atomic mass is 16.3. The smallest absolute Gasteiger partial charge is 0.220 e. The number of aliphatic hydroxyl groups excluding tert-OH is 2. The topological polar surface area (TPSA) is 69.6 Å². The summed E-state index contributed by atoms with van der Waals surface area (Å²) in [6.07, 6.45) is 33.9. The molecule has 0 aliphatic rings. The van der Waals surface area contributed by atoms with Crippen LogP contribution in [0.2, 0.25) is 0 Å². The van der Waals surface area contributed by atoms with Crippen molar-refractivity contribution >= 4 is 5.91 Å². The Labute approximate surface area is 224 Å². The van der Waals surface area contributed by atoms with E-state index in [9.17, 15) is 15.0 Å². The lowest BCUT2D eigenvalue weighted by Crippen LogP contribution is -2.45. The van der Waals surface area contributed by atoms with E-state index in [1.165, 1.54) is 96.3 Å². The molecular weight excluding hydrogens is 446 g/mol. The summed E-state index contributed by atoms with van der Waals surface area (Å²) in [5.74, 6) is -0.0774. The Morgan fingerprint density at radius 3 is 1.53 bits per heavy atom. The molecule has 3 N–H and O–H groups in total. The van der Waals surface area contributed by atoms with Crippen LogP contribution in [0.5, 0.6) is 0 Å². The first-order chi connectivity index (χ1) is 17.7. The summed E-state index contributed by atoms with van der Waals surface area (Å²) in [5, 5.41) is 22.7. The monoisotopic (exact) mass is 507 g/mol. The lowest BCUT2D eigenvalue weighted by Gasteiger charge is -2.20. The summed E-state index contributed by atoms with van der Waals surface area (Å²) in [6.45, 7) is 4.25. The fraction of sp³-hybridized carbons (Fsp3) is 0.844. The van der Waals surface area contributed by atoms with E-state index in [1.807, 2.05) is 6.08 Å². The van der Waals surface area contributed by atoms with Gasteiger partial charge in [-0.3, -0.25) is 4.79 Å². The van der Waals surface area contributed by atoms with Crippen molar-refractivity contribution in [2.24, 2.45) is 0 Å². The second-order valence-electron chi connectivity index (χ2n) is 10.5. The largest absolute Gasteiger partial charge is 0.394 e. The standard InChI is InChI=1S/C32H61NO3/c1-3-5-7-9-11-13-15-16-17-18-20-22-24-26-28-32(36)33-30(29-34)31(35)27-25-23-21-19-14-12-10-8-6-4-2/h15-16,25,27,30-31,34-35H,3-14,17-24,26,28-29H2,1-2H3,(H,33,36)/b16-15-,27-25+. The molecule has 4 nitrogen and oxygen atoms in total. The molecular formula is C32H61NO3. The van der Waals surface area contributed by atoms with Crippen molar-refractivity contribution in [3.05, 3.63) is 24.3 Å². The minimum atomic E-state index is -0.836. The van der Waals surface area contributed by atoms with E-state index in [2.05, 4.69) is 31.3 Å². The van der Waals surface area contributed by atoms with Crippen molar-refractivity contribution in [2.75, 3.05) is 6.61 Å². The number of carbonyl (C=O) groups is 1. The third-order valence-corrected chi connectivity index (χ3v) is 6.93. The normalized spacial score (nSPS) is 13.6. The Balaban J connectivity index is 3.69. The van der Waals surface area contributed by atoms with Gasteiger partial charge in [0.2, 0.25) is 5.91 Å². The summed E-state index contributed by atoms with van der Waals surface area (Å²) in [7, 11) is 0. The first kappa shape index (κ1) is 34.9. The molecule has 212 valence electrons. The molecule has 0 rings (SSSR count). The molecule has 0 aliphatic carbocycles. The molecule has 0 saturated carbocycles. The van der Waals surface area contributed by atoms with Gasteiger partial charge in [0.1, 0.15) is 0 Å². The number of allylic oxidation sites excluding steroid dienone is 3. The molecule has 2 atom stereocenters. The lowest BCUT2D eigenvalue weighted by molar-refractivity contribution is -0.123. The molecule has 0 heterocycles. The van der Waals surface area contributed by atoms with Crippen LogP contribution in [0.4, 0.5) is 0 Å². The van der Waals surface area contributed by atoms with E-state index < -0.39 is 12.1 Å². The molecule has 0 aromatic carbocycles. The van der Waals surface area contributed by atoms with Crippen molar-refractivity contribution in [3.8, 4) is 0 Å². The van der Waals surface area contributed by atoms with Crippen molar-refractivity contribution in [3.63, 3.8) is 0 Å². The Morgan fingerprint density at radius 1 is 0.639 bits per heavy atom. The van der Waals surface area contributed by atoms with Crippen LogP contribution in [0.3, 0.4) is 0 Å². The van der Waals surface area contributed by atoms with Crippen LogP contribution in [0.15, 0.2) is 24.3 Å². The molecule has 0 spiro atoms. The van der Waals surface area contributed by atoms with Crippen LogP contribution < -0.4 is 5.32 Å². The third-order valence-electron chi connectivity index (χ3n) is 6.93. The number of nitrogens with one attached hydrogen (secondary N) is 1. The van der Waals surface area contributed by atoms with E-state index in [0.717, 1.165) is 38.5 Å². The van der Waals surface area contributed by atoms with Crippen LogP contribution in [-0.4, -0.2) is 34.9 Å².